The summed E-state index contributed by atoms with van der Waals surface area (Å²) in [5.41, 5.74) is 6.58. The van der Waals surface area contributed by atoms with Crippen LogP contribution >= 0.6 is 0 Å². The van der Waals surface area contributed by atoms with Gasteiger partial charge in [-0.3, -0.25) is 0 Å². The summed E-state index contributed by atoms with van der Waals surface area (Å²) in [5.74, 6) is 0. The van der Waals surface area contributed by atoms with Gasteiger partial charge in [0.15, 0.2) is 0 Å². The lowest BCUT2D eigenvalue weighted by Gasteiger charge is -2.16. The molecule has 0 bridgehead atoms. The van der Waals surface area contributed by atoms with E-state index < -0.39 is 0 Å². The van der Waals surface area contributed by atoms with Gasteiger partial charge in [0.05, 0.1) is 22.7 Å². The molecule has 1 aromatic heterocycles. The van der Waals surface area contributed by atoms with Crippen LogP contribution in [-0.4, -0.2) is 4.57 Å². The van der Waals surface area contributed by atoms with E-state index in [0.717, 1.165) is 27.5 Å². The Kier molecular flexibility index (Phi) is 3.89. The van der Waals surface area contributed by atoms with Crippen LogP contribution in [0.1, 0.15) is 5.56 Å². The van der Waals surface area contributed by atoms with Crippen molar-refractivity contribution in [2.24, 2.45) is 0 Å². The number of nitrogens with zero attached hydrogens (tertiary/aromatic N) is 2. The van der Waals surface area contributed by atoms with E-state index in [2.05, 4.69) is 120 Å². The number of rotatable bonds is 2. The zero-order valence-corrected chi connectivity index (χ0v) is 20.9. The quantitative estimate of drug-likeness (QED) is 0.221. The summed E-state index contributed by atoms with van der Waals surface area (Å²) in [6.07, 6.45) is 0. The first-order chi connectivity index (χ1) is 19.3. The minimum Gasteiger partial charge on any atom is -0.309 e. The highest BCUT2D eigenvalue weighted by Gasteiger charge is 2.21. The van der Waals surface area contributed by atoms with E-state index >= 15 is 0 Å². The zero-order valence-electron chi connectivity index (χ0n) is 20.9. The third kappa shape index (κ3) is 2.59. The molecular weight excluding hydrogens is 472 g/mol. The molecule has 1 heterocycles. The van der Waals surface area contributed by atoms with E-state index in [0.29, 0.717) is 5.56 Å². The highest BCUT2D eigenvalue weighted by Crippen LogP contribution is 2.46. The molecule has 0 amide bonds. The summed E-state index contributed by atoms with van der Waals surface area (Å²) >= 11 is 0. The molecule has 2 nitrogen and oxygen atoms in total. The van der Waals surface area contributed by atoms with Crippen molar-refractivity contribution in [2.45, 2.75) is 0 Å². The Balaban J connectivity index is 1.45. The van der Waals surface area contributed by atoms with Crippen LogP contribution < -0.4 is 0 Å². The summed E-state index contributed by atoms with van der Waals surface area (Å²) in [4.78, 5) is 0. The second-order valence-electron chi connectivity index (χ2n) is 10.4. The van der Waals surface area contributed by atoms with Crippen LogP contribution in [-0.2, 0) is 0 Å². The average Bonchev–Trinajstić information content (AvgIpc) is 3.34. The number of hydrogen-bond donors (Lipinski definition) is 0. The molecule has 0 atom stereocenters. The number of para-hydroxylation sites is 1. The van der Waals surface area contributed by atoms with Crippen LogP contribution in [0.15, 0.2) is 121 Å². The van der Waals surface area contributed by atoms with E-state index in [-0.39, 0.29) is 0 Å². The Morgan fingerprint density at radius 3 is 1.77 bits per heavy atom. The molecule has 39 heavy (non-hydrogen) atoms. The van der Waals surface area contributed by atoms with Gasteiger partial charge in [-0.15, -0.1) is 0 Å². The summed E-state index contributed by atoms with van der Waals surface area (Å²) in [5, 5.41) is 22.3. The molecule has 9 rings (SSSR count). The van der Waals surface area contributed by atoms with Crippen molar-refractivity contribution in [3.63, 3.8) is 0 Å². The van der Waals surface area contributed by atoms with E-state index in [1.165, 1.54) is 54.2 Å². The standard InChI is InChI=1S/C37H20N2/c38-21-25-13-19-32-36-27(25)16-17-31-29(18-20-33(37(31)36)39(32)26-7-2-1-3-8-26)28-14-11-24-10-9-22-5-4-6-23-12-15-30(28)35(24)34(22)23/h1-20H. The lowest BCUT2D eigenvalue weighted by molar-refractivity contribution is 1.18. The predicted octanol–water partition coefficient (Wildman–Crippen LogP) is 9.81. The van der Waals surface area contributed by atoms with Gasteiger partial charge >= 0.3 is 0 Å². The van der Waals surface area contributed by atoms with Crippen molar-refractivity contribution in [3.8, 4) is 22.9 Å². The Labute approximate surface area is 224 Å². The van der Waals surface area contributed by atoms with Gasteiger partial charge in [0, 0.05) is 21.8 Å². The molecule has 0 fully saturated rings. The van der Waals surface area contributed by atoms with Crippen molar-refractivity contribution in [2.75, 3.05) is 0 Å². The SMILES string of the molecule is N#Cc1ccc2c3c1ccc1c(-c4ccc5ccc6cccc7ccc4c5c67)ccc(c13)n2-c1ccccc1. The summed E-state index contributed by atoms with van der Waals surface area (Å²) < 4.78 is 2.33. The molecule has 2 heteroatoms. The largest absolute Gasteiger partial charge is 0.309 e. The molecule has 8 aromatic carbocycles. The van der Waals surface area contributed by atoms with E-state index in [1.54, 1.807) is 0 Å². The molecule has 0 saturated carbocycles. The van der Waals surface area contributed by atoms with Gasteiger partial charge in [0.2, 0.25) is 0 Å². The molecule has 0 unspecified atom stereocenters. The third-order valence-electron chi connectivity index (χ3n) is 8.55. The van der Waals surface area contributed by atoms with Gasteiger partial charge in [-0.25, -0.2) is 0 Å². The molecule has 0 spiro atoms. The highest BCUT2D eigenvalue weighted by molar-refractivity contribution is 6.30. The molecular formula is C37H20N2. The molecule has 0 aliphatic heterocycles. The number of benzene rings is 8. The van der Waals surface area contributed by atoms with Gasteiger partial charge in [0.1, 0.15) is 0 Å². The van der Waals surface area contributed by atoms with Crippen LogP contribution in [0.25, 0.3) is 81.7 Å². The lowest BCUT2D eigenvalue weighted by atomic mass is 9.87. The molecule has 0 aliphatic carbocycles. The smallest absolute Gasteiger partial charge is 0.0998 e. The van der Waals surface area contributed by atoms with Crippen molar-refractivity contribution in [3.05, 3.63) is 127 Å². The summed E-state index contributed by atoms with van der Waals surface area (Å²) in [7, 11) is 0. The maximum absolute atomic E-state index is 9.92. The average molecular weight is 493 g/mol. The molecule has 0 N–H and O–H groups in total. The maximum atomic E-state index is 9.92. The first-order valence-electron chi connectivity index (χ1n) is 13.3. The normalized spacial score (nSPS) is 12.1. The zero-order chi connectivity index (χ0) is 25.7. The first-order valence-corrected chi connectivity index (χ1v) is 13.3. The summed E-state index contributed by atoms with van der Waals surface area (Å²) in [6.45, 7) is 0. The minimum atomic E-state index is 0.713. The van der Waals surface area contributed by atoms with Crippen molar-refractivity contribution in [1.82, 2.24) is 4.57 Å². The van der Waals surface area contributed by atoms with Crippen molar-refractivity contribution < 1.29 is 0 Å². The minimum absolute atomic E-state index is 0.713. The number of nitriles is 1. The van der Waals surface area contributed by atoms with Crippen LogP contribution in [0.5, 0.6) is 0 Å². The fourth-order valence-corrected chi connectivity index (χ4v) is 6.91. The Morgan fingerprint density at radius 2 is 1.00 bits per heavy atom. The van der Waals surface area contributed by atoms with Gasteiger partial charge in [-0.05, 0) is 79.2 Å². The number of aromatic nitrogens is 1. The van der Waals surface area contributed by atoms with E-state index in [1.807, 2.05) is 12.1 Å². The predicted molar refractivity (Wildman–Crippen MR) is 163 cm³/mol. The Hall–Kier alpha value is -5.39. The Morgan fingerprint density at radius 1 is 0.436 bits per heavy atom. The molecule has 0 saturated heterocycles. The van der Waals surface area contributed by atoms with E-state index in [9.17, 15) is 5.26 Å². The van der Waals surface area contributed by atoms with E-state index in [4.69, 9.17) is 0 Å². The third-order valence-corrected chi connectivity index (χ3v) is 8.55. The highest BCUT2D eigenvalue weighted by atomic mass is 15.0. The van der Waals surface area contributed by atoms with Crippen molar-refractivity contribution >= 4 is 64.9 Å². The fraction of sp³-hybridized carbons (Fsp3) is 0. The van der Waals surface area contributed by atoms with Gasteiger partial charge < -0.3 is 4.57 Å². The lowest BCUT2D eigenvalue weighted by Crippen LogP contribution is -1.93. The Bertz CT molecular complexity index is 2420. The molecule has 178 valence electrons. The summed E-state index contributed by atoms with van der Waals surface area (Å²) in [6, 6.07) is 46.0. The van der Waals surface area contributed by atoms with Crippen LogP contribution in [0.2, 0.25) is 0 Å². The number of hydrogen-bond acceptors (Lipinski definition) is 1. The van der Waals surface area contributed by atoms with Gasteiger partial charge in [-0.1, -0.05) is 91.0 Å². The second kappa shape index (κ2) is 7.34. The van der Waals surface area contributed by atoms with Crippen LogP contribution in [0.3, 0.4) is 0 Å². The van der Waals surface area contributed by atoms with Gasteiger partial charge in [0.25, 0.3) is 0 Å². The monoisotopic (exact) mass is 492 g/mol. The second-order valence-corrected chi connectivity index (χ2v) is 10.4. The van der Waals surface area contributed by atoms with Crippen LogP contribution in [0.4, 0.5) is 0 Å². The maximum Gasteiger partial charge on any atom is 0.0998 e. The van der Waals surface area contributed by atoms with Crippen molar-refractivity contribution in [1.29, 1.82) is 5.26 Å². The topological polar surface area (TPSA) is 28.7 Å². The molecule has 9 aromatic rings. The molecule has 0 aliphatic rings. The molecule has 0 radical (unpaired) electrons. The van der Waals surface area contributed by atoms with Crippen LogP contribution in [0, 0.1) is 11.3 Å². The first kappa shape index (κ1) is 20.6. The van der Waals surface area contributed by atoms with Gasteiger partial charge in [-0.2, -0.15) is 5.26 Å². The fourth-order valence-electron chi connectivity index (χ4n) is 6.91.